The predicted octanol–water partition coefficient (Wildman–Crippen LogP) is 4.40. The second-order valence-corrected chi connectivity index (χ2v) is 10.9. The number of sulfonamides is 1. The molecule has 0 aliphatic heterocycles. The van der Waals surface area contributed by atoms with E-state index in [1.54, 1.807) is 56.3 Å². The van der Waals surface area contributed by atoms with Crippen LogP contribution >= 0.6 is 23.2 Å². The lowest BCUT2D eigenvalue weighted by Crippen LogP contribution is -2.51. The smallest absolute Gasteiger partial charge is 0.244 e. The first kappa shape index (κ1) is 28.0. The zero-order valence-electron chi connectivity index (χ0n) is 19.8. The lowest BCUT2D eigenvalue weighted by atomic mass is 10.1. The van der Waals surface area contributed by atoms with Gasteiger partial charge in [0.15, 0.2) is 0 Å². The summed E-state index contributed by atoms with van der Waals surface area (Å²) in [6.07, 6.45) is 2.78. The Morgan fingerprint density at radius 3 is 2.35 bits per heavy atom. The fraction of sp³-hybridized carbons (Fsp3) is 0.417. The number of rotatable bonds is 11. The summed E-state index contributed by atoms with van der Waals surface area (Å²) in [5, 5.41) is 3.53. The number of hydrogen-bond donors (Lipinski definition) is 1. The van der Waals surface area contributed by atoms with Crippen LogP contribution in [0.4, 0.5) is 5.69 Å². The minimum atomic E-state index is -3.77. The van der Waals surface area contributed by atoms with E-state index in [1.165, 1.54) is 4.90 Å². The molecule has 2 rings (SSSR count). The monoisotopic (exact) mass is 527 g/mol. The molecule has 0 aliphatic rings. The van der Waals surface area contributed by atoms with Crippen LogP contribution in [0.25, 0.3) is 0 Å². The number of hydrogen-bond acceptors (Lipinski definition) is 4. The minimum absolute atomic E-state index is 0.0590. The lowest BCUT2D eigenvalue weighted by Gasteiger charge is -2.32. The van der Waals surface area contributed by atoms with Gasteiger partial charge in [0.1, 0.15) is 12.6 Å². The van der Waals surface area contributed by atoms with Gasteiger partial charge in [0, 0.05) is 13.1 Å². The highest BCUT2D eigenvalue weighted by atomic mass is 35.5. The van der Waals surface area contributed by atoms with Crippen molar-refractivity contribution in [2.45, 2.75) is 46.2 Å². The van der Waals surface area contributed by atoms with Crippen LogP contribution in [0, 0.1) is 6.92 Å². The Hall–Kier alpha value is -2.29. The van der Waals surface area contributed by atoms with Crippen LogP contribution < -0.4 is 9.62 Å². The molecule has 0 bridgehead atoms. The number of carbonyl (C=O) groups excluding carboxylic acids is 2. The Morgan fingerprint density at radius 1 is 1.09 bits per heavy atom. The molecule has 0 heterocycles. The van der Waals surface area contributed by atoms with Gasteiger partial charge < -0.3 is 10.2 Å². The molecule has 0 unspecified atom stereocenters. The molecule has 186 valence electrons. The van der Waals surface area contributed by atoms with E-state index in [1.807, 2.05) is 6.92 Å². The summed E-state index contributed by atoms with van der Waals surface area (Å²) in [6.45, 7) is 5.51. The molecule has 2 amide bonds. The number of halogens is 2. The van der Waals surface area contributed by atoms with E-state index in [9.17, 15) is 18.0 Å². The molecular weight excluding hydrogens is 497 g/mol. The van der Waals surface area contributed by atoms with Gasteiger partial charge in [0.05, 0.1) is 22.0 Å². The van der Waals surface area contributed by atoms with E-state index < -0.39 is 28.5 Å². The van der Waals surface area contributed by atoms with Crippen molar-refractivity contribution >= 4 is 50.7 Å². The van der Waals surface area contributed by atoms with Crippen molar-refractivity contribution in [2.24, 2.45) is 0 Å². The van der Waals surface area contributed by atoms with Gasteiger partial charge in [-0.05, 0) is 49.6 Å². The van der Waals surface area contributed by atoms with Gasteiger partial charge in [0.25, 0.3) is 0 Å². The summed E-state index contributed by atoms with van der Waals surface area (Å²) in [7, 11) is -3.77. The largest absolute Gasteiger partial charge is 0.354 e. The molecule has 10 heteroatoms. The third-order valence-electron chi connectivity index (χ3n) is 5.40. The summed E-state index contributed by atoms with van der Waals surface area (Å²) in [6, 6.07) is 11.0. The Balaban J connectivity index is 2.38. The summed E-state index contributed by atoms with van der Waals surface area (Å²) < 4.78 is 26.3. The molecule has 1 atom stereocenters. The van der Waals surface area contributed by atoms with Gasteiger partial charge in [-0.2, -0.15) is 0 Å². The molecule has 0 aliphatic carbocycles. The maximum Gasteiger partial charge on any atom is 0.244 e. The number of nitrogens with one attached hydrogen (secondary N) is 1. The minimum Gasteiger partial charge on any atom is -0.354 e. The van der Waals surface area contributed by atoms with Crippen molar-refractivity contribution < 1.29 is 18.0 Å². The molecule has 34 heavy (non-hydrogen) atoms. The molecule has 7 nitrogen and oxygen atoms in total. The summed E-state index contributed by atoms with van der Waals surface area (Å²) >= 11 is 12.2. The maximum absolute atomic E-state index is 13.5. The SMILES string of the molecule is CCCCNC(=O)[C@H](C)N(Cc1ccc(Cl)c(Cl)c1)C(=O)CN(c1ccccc1C)S(C)(=O)=O. The fourth-order valence-electron chi connectivity index (χ4n) is 3.39. The molecular formula is C24H31Cl2N3O4S. The average Bonchev–Trinajstić information content (AvgIpc) is 2.77. The number of amides is 2. The third kappa shape index (κ3) is 7.61. The topological polar surface area (TPSA) is 86.8 Å². The number of benzene rings is 2. The highest BCUT2D eigenvalue weighted by Gasteiger charge is 2.30. The van der Waals surface area contributed by atoms with Gasteiger partial charge in [-0.25, -0.2) is 8.42 Å². The second kappa shape index (κ2) is 12.4. The number of unbranched alkanes of at least 4 members (excludes halogenated alkanes) is 1. The van der Waals surface area contributed by atoms with Gasteiger partial charge in [-0.3, -0.25) is 13.9 Å². The third-order valence-corrected chi connectivity index (χ3v) is 7.26. The van der Waals surface area contributed by atoms with Crippen molar-refractivity contribution in [1.29, 1.82) is 0 Å². The molecule has 0 saturated heterocycles. The van der Waals surface area contributed by atoms with Crippen molar-refractivity contribution in [3.63, 3.8) is 0 Å². The Morgan fingerprint density at radius 2 is 1.76 bits per heavy atom. The van der Waals surface area contributed by atoms with Crippen LogP contribution in [0.15, 0.2) is 42.5 Å². The Labute approximate surface area is 212 Å². The van der Waals surface area contributed by atoms with Crippen LogP contribution in [0.2, 0.25) is 10.0 Å². The summed E-state index contributed by atoms with van der Waals surface area (Å²) in [5.41, 5.74) is 1.78. The normalized spacial score (nSPS) is 12.2. The highest BCUT2D eigenvalue weighted by Crippen LogP contribution is 2.25. The molecule has 0 radical (unpaired) electrons. The van der Waals surface area contributed by atoms with Crippen LogP contribution in [0.1, 0.15) is 37.8 Å². The van der Waals surface area contributed by atoms with Crippen molar-refractivity contribution in [3.05, 3.63) is 63.6 Å². The summed E-state index contributed by atoms with van der Waals surface area (Å²) in [5.74, 6) is -0.832. The Bertz CT molecular complexity index is 1120. The zero-order chi connectivity index (χ0) is 25.5. The molecule has 0 aromatic heterocycles. The molecule has 2 aromatic carbocycles. The second-order valence-electron chi connectivity index (χ2n) is 8.15. The van der Waals surface area contributed by atoms with E-state index in [0.717, 1.165) is 23.4 Å². The number of carbonyl (C=O) groups is 2. The standard InChI is InChI=1S/C24H31Cl2N3O4S/c1-5-6-13-27-24(31)18(3)28(15-19-11-12-20(25)21(26)14-19)23(30)16-29(34(4,32)33)22-10-8-7-9-17(22)2/h7-12,14,18H,5-6,13,15-16H2,1-4H3,(H,27,31)/t18-/m0/s1. The quantitative estimate of drug-likeness (QED) is 0.438. The predicted molar refractivity (Wildman–Crippen MR) is 138 cm³/mol. The molecule has 1 N–H and O–H groups in total. The van der Waals surface area contributed by atoms with E-state index in [0.29, 0.717) is 33.4 Å². The van der Waals surface area contributed by atoms with E-state index in [-0.39, 0.29) is 12.5 Å². The first-order valence-corrected chi connectivity index (χ1v) is 13.6. The maximum atomic E-state index is 13.5. The van der Waals surface area contributed by atoms with Crippen LogP contribution in [-0.2, 0) is 26.2 Å². The molecule has 2 aromatic rings. The van der Waals surface area contributed by atoms with Gasteiger partial charge >= 0.3 is 0 Å². The van der Waals surface area contributed by atoms with Gasteiger partial charge in [0.2, 0.25) is 21.8 Å². The van der Waals surface area contributed by atoms with Crippen LogP contribution in [-0.4, -0.2) is 50.5 Å². The molecule has 0 fully saturated rings. The van der Waals surface area contributed by atoms with Crippen molar-refractivity contribution in [1.82, 2.24) is 10.2 Å². The Kier molecular flexibility index (Phi) is 10.2. The number of para-hydroxylation sites is 1. The zero-order valence-corrected chi connectivity index (χ0v) is 22.2. The number of nitrogens with zero attached hydrogens (tertiary/aromatic N) is 2. The first-order chi connectivity index (χ1) is 16.0. The van der Waals surface area contributed by atoms with Gasteiger partial charge in [-0.15, -0.1) is 0 Å². The van der Waals surface area contributed by atoms with Crippen molar-refractivity contribution in [3.8, 4) is 0 Å². The molecule has 0 saturated carbocycles. The van der Waals surface area contributed by atoms with Crippen LogP contribution in [0.3, 0.4) is 0 Å². The fourth-order valence-corrected chi connectivity index (χ4v) is 4.62. The molecule has 0 spiro atoms. The van der Waals surface area contributed by atoms with E-state index in [2.05, 4.69) is 5.32 Å². The number of anilines is 1. The summed E-state index contributed by atoms with van der Waals surface area (Å²) in [4.78, 5) is 27.7. The van der Waals surface area contributed by atoms with E-state index in [4.69, 9.17) is 23.2 Å². The van der Waals surface area contributed by atoms with Crippen LogP contribution in [0.5, 0.6) is 0 Å². The van der Waals surface area contributed by atoms with E-state index >= 15 is 0 Å². The highest BCUT2D eigenvalue weighted by molar-refractivity contribution is 7.92. The lowest BCUT2D eigenvalue weighted by molar-refractivity contribution is -0.139. The first-order valence-electron chi connectivity index (χ1n) is 11.0. The van der Waals surface area contributed by atoms with Gasteiger partial charge in [-0.1, -0.05) is 60.8 Å². The number of aryl methyl sites for hydroxylation is 1. The average molecular weight is 529 g/mol. The van der Waals surface area contributed by atoms with Crippen molar-refractivity contribution in [2.75, 3.05) is 23.7 Å².